The highest BCUT2D eigenvalue weighted by molar-refractivity contribution is 5.97. The molecule has 0 heterocycles. The molecule has 57 heavy (non-hydrogen) atoms. The minimum absolute atomic E-state index is 0.114. The van der Waals surface area contributed by atoms with E-state index in [1.54, 1.807) is 22.3 Å². The van der Waals surface area contributed by atoms with Crippen LogP contribution in [0.15, 0.2) is 152 Å². The molecule has 0 radical (unpaired) electrons. The van der Waals surface area contributed by atoms with Crippen LogP contribution in [0, 0.1) is 23.7 Å². The molecule has 5 saturated carbocycles. The van der Waals surface area contributed by atoms with E-state index < -0.39 is 0 Å². The van der Waals surface area contributed by atoms with Gasteiger partial charge in [-0.1, -0.05) is 135 Å². The third-order valence-corrected chi connectivity index (χ3v) is 16.3. The number of rotatable bonds is 4. The van der Waals surface area contributed by atoms with Crippen molar-refractivity contribution in [3.63, 3.8) is 0 Å². The summed E-state index contributed by atoms with van der Waals surface area (Å²) in [5, 5.41) is 2.59. The van der Waals surface area contributed by atoms with Crippen LogP contribution in [0.5, 0.6) is 0 Å². The summed E-state index contributed by atoms with van der Waals surface area (Å²) < 4.78 is 0. The predicted octanol–water partition coefficient (Wildman–Crippen LogP) is 14.9. The first-order chi connectivity index (χ1) is 28.2. The highest BCUT2D eigenvalue weighted by atomic mass is 15.1. The number of anilines is 3. The van der Waals surface area contributed by atoms with Crippen molar-refractivity contribution in [2.24, 2.45) is 23.7 Å². The van der Waals surface area contributed by atoms with Gasteiger partial charge in [0, 0.05) is 27.9 Å². The molecule has 7 aromatic rings. The third kappa shape index (κ3) is 4.47. The van der Waals surface area contributed by atoms with E-state index in [0.29, 0.717) is 0 Å². The lowest BCUT2D eigenvalue weighted by atomic mass is 9.51. The molecule has 278 valence electrons. The molecule has 0 aliphatic heterocycles. The van der Waals surface area contributed by atoms with Crippen LogP contribution < -0.4 is 4.90 Å². The fourth-order valence-electron chi connectivity index (χ4n) is 14.2. The Balaban J connectivity index is 1.01. The van der Waals surface area contributed by atoms with Crippen molar-refractivity contribution >= 4 is 27.8 Å². The maximum atomic E-state index is 2.68. The number of hydrogen-bond acceptors (Lipinski definition) is 1. The normalized spacial score (nSPS) is 25.4. The smallest absolute Gasteiger partial charge is 0.0468 e. The van der Waals surface area contributed by atoms with Gasteiger partial charge in [0.2, 0.25) is 0 Å². The second-order valence-corrected chi connectivity index (χ2v) is 18.8. The molecule has 5 fully saturated rings. The maximum Gasteiger partial charge on any atom is 0.0468 e. The lowest BCUT2D eigenvalue weighted by Crippen LogP contribution is -2.48. The van der Waals surface area contributed by atoms with Crippen LogP contribution in [0.2, 0.25) is 0 Å². The van der Waals surface area contributed by atoms with Gasteiger partial charge >= 0.3 is 0 Å². The molecule has 4 bridgehead atoms. The Kier molecular flexibility index (Phi) is 6.91. The Hall–Kier alpha value is -5.40. The second-order valence-electron chi connectivity index (χ2n) is 18.8. The number of hydrogen-bond donors (Lipinski definition) is 0. The molecule has 2 spiro atoms. The Morgan fingerprint density at radius 2 is 1.05 bits per heavy atom. The number of nitrogens with zero attached hydrogens (tertiary/aromatic N) is 1. The monoisotopic (exact) mass is 735 g/mol. The highest BCUT2D eigenvalue weighted by Crippen LogP contribution is 2.68. The topological polar surface area (TPSA) is 3.24 Å². The molecule has 0 N–H and O–H groups in total. The summed E-state index contributed by atoms with van der Waals surface area (Å²) in [6, 6.07) is 59.0. The van der Waals surface area contributed by atoms with Gasteiger partial charge in [0.15, 0.2) is 0 Å². The average molecular weight is 736 g/mol. The average Bonchev–Trinajstić information content (AvgIpc) is 3.89. The van der Waals surface area contributed by atoms with E-state index in [9.17, 15) is 0 Å². The van der Waals surface area contributed by atoms with Gasteiger partial charge in [-0.2, -0.15) is 0 Å². The molecule has 0 amide bonds. The molecule has 1 heteroatoms. The fraction of sp³-hybridized carbons (Fsp3) is 0.286. The van der Waals surface area contributed by atoms with Crippen molar-refractivity contribution < 1.29 is 0 Å². The van der Waals surface area contributed by atoms with Crippen LogP contribution in [0.3, 0.4) is 0 Å². The SMILES string of the molecule is c1ccc2c(c1)-c1cc(N(c3ccc(-c4cccc5ccccc45)cc3)c3ccc4c(c3)C3(c5ccccc5-4)C4CCC5CC(C4)CC3C5)ccc1C21CCCC1. The molecule has 1 nitrogen and oxygen atoms in total. The van der Waals surface area contributed by atoms with Crippen molar-refractivity contribution in [1.82, 2.24) is 0 Å². The lowest BCUT2D eigenvalue weighted by Gasteiger charge is -2.53. The number of benzene rings is 7. The third-order valence-electron chi connectivity index (χ3n) is 16.3. The van der Waals surface area contributed by atoms with E-state index in [1.165, 1.54) is 125 Å². The van der Waals surface area contributed by atoms with Gasteiger partial charge in [0.1, 0.15) is 0 Å². The van der Waals surface area contributed by atoms with Crippen LogP contribution >= 0.6 is 0 Å². The first-order valence-electron chi connectivity index (χ1n) is 22.1. The zero-order valence-corrected chi connectivity index (χ0v) is 32.8. The molecule has 5 atom stereocenters. The summed E-state index contributed by atoms with van der Waals surface area (Å²) in [7, 11) is 0. The largest absolute Gasteiger partial charge is 0.310 e. The van der Waals surface area contributed by atoms with Gasteiger partial charge in [0.25, 0.3) is 0 Å². The second kappa shape index (κ2) is 12.1. The highest BCUT2D eigenvalue weighted by Gasteiger charge is 2.59. The molecule has 7 aliphatic carbocycles. The van der Waals surface area contributed by atoms with Crippen molar-refractivity contribution in [2.45, 2.75) is 75.0 Å². The molecule has 7 aliphatic rings. The predicted molar refractivity (Wildman–Crippen MR) is 237 cm³/mol. The van der Waals surface area contributed by atoms with E-state index in [4.69, 9.17) is 0 Å². The van der Waals surface area contributed by atoms with Crippen LogP contribution in [0.25, 0.3) is 44.2 Å². The molecule has 7 aromatic carbocycles. The first kappa shape index (κ1) is 32.7. The molecule has 5 unspecified atom stereocenters. The van der Waals surface area contributed by atoms with Crippen LogP contribution in [-0.2, 0) is 10.8 Å². The van der Waals surface area contributed by atoms with Gasteiger partial charge in [0.05, 0.1) is 0 Å². The molecule has 14 rings (SSSR count). The van der Waals surface area contributed by atoms with Crippen LogP contribution in [0.4, 0.5) is 17.1 Å². The summed E-state index contributed by atoms with van der Waals surface area (Å²) in [4.78, 5) is 2.59. The van der Waals surface area contributed by atoms with Gasteiger partial charge in [-0.25, -0.2) is 0 Å². The molecular formula is C56H49N. The molecular weight excluding hydrogens is 687 g/mol. The lowest BCUT2D eigenvalue weighted by molar-refractivity contribution is 0.0618. The minimum atomic E-state index is 0.114. The minimum Gasteiger partial charge on any atom is -0.310 e. The number of fused-ring (bicyclic) bond motifs is 10. The van der Waals surface area contributed by atoms with Gasteiger partial charge in [-0.15, -0.1) is 0 Å². The molecule has 0 saturated heterocycles. The Morgan fingerprint density at radius 1 is 0.421 bits per heavy atom. The van der Waals surface area contributed by atoms with E-state index in [-0.39, 0.29) is 10.8 Å². The zero-order chi connectivity index (χ0) is 37.3. The zero-order valence-electron chi connectivity index (χ0n) is 32.8. The van der Waals surface area contributed by atoms with E-state index in [2.05, 4.69) is 157 Å². The van der Waals surface area contributed by atoms with E-state index in [1.807, 2.05) is 0 Å². The summed E-state index contributed by atoms with van der Waals surface area (Å²) >= 11 is 0. The summed E-state index contributed by atoms with van der Waals surface area (Å²) in [6.07, 6.45) is 13.6. The maximum absolute atomic E-state index is 2.68. The molecule has 0 aromatic heterocycles. The Morgan fingerprint density at radius 3 is 1.93 bits per heavy atom. The van der Waals surface area contributed by atoms with Crippen molar-refractivity contribution in [1.29, 1.82) is 0 Å². The van der Waals surface area contributed by atoms with Crippen LogP contribution in [-0.4, -0.2) is 0 Å². The Labute approximate surface area is 337 Å². The summed E-state index contributed by atoms with van der Waals surface area (Å²) in [5.74, 6) is 3.28. The summed E-state index contributed by atoms with van der Waals surface area (Å²) in [5.41, 5.74) is 18.8. The first-order valence-corrected chi connectivity index (χ1v) is 22.1. The van der Waals surface area contributed by atoms with E-state index in [0.717, 1.165) is 23.7 Å². The standard InChI is InChI=1S/C56H49N/c1-2-12-45-38(10-1)11-9-15-46(45)39-19-22-42(23-20-39)57(43-25-27-52-50(34-43)48-14-3-5-16-51(48)55(52)28-7-8-29-55)44-24-26-49-47-13-4-6-17-53(47)56(54(49)35-44)40-21-18-36-30-37(32-40)33-41(56)31-36/h1-6,9-17,19-20,22-27,34-37,40-41H,7-8,18,21,28-33H2. The van der Waals surface area contributed by atoms with Gasteiger partial charge in [-0.05, 0) is 171 Å². The van der Waals surface area contributed by atoms with Crippen molar-refractivity contribution in [3.05, 3.63) is 174 Å². The van der Waals surface area contributed by atoms with Crippen LogP contribution in [0.1, 0.15) is 86.5 Å². The Bertz CT molecular complexity index is 2730. The quantitative estimate of drug-likeness (QED) is 0.174. The van der Waals surface area contributed by atoms with Gasteiger partial charge in [-0.3, -0.25) is 0 Å². The fourth-order valence-corrected chi connectivity index (χ4v) is 14.2. The summed E-state index contributed by atoms with van der Waals surface area (Å²) in [6.45, 7) is 0. The van der Waals surface area contributed by atoms with Gasteiger partial charge < -0.3 is 4.90 Å². The van der Waals surface area contributed by atoms with E-state index >= 15 is 0 Å². The van der Waals surface area contributed by atoms with Crippen molar-refractivity contribution in [3.8, 4) is 33.4 Å². The van der Waals surface area contributed by atoms with Crippen molar-refractivity contribution in [2.75, 3.05) is 4.90 Å².